The first-order chi connectivity index (χ1) is 6.87. The van der Waals surface area contributed by atoms with Gasteiger partial charge in [-0.25, -0.2) is 0 Å². The zero-order chi connectivity index (χ0) is 11.5. The van der Waals surface area contributed by atoms with Gasteiger partial charge in [0.15, 0.2) is 0 Å². The SMILES string of the molecule is C=C(C)Cn1cc(CNC(C)(C)C)cn1. The van der Waals surface area contributed by atoms with Crippen molar-refractivity contribution in [2.45, 2.75) is 46.3 Å². The Balaban J connectivity index is 2.50. The number of rotatable bonds is 4. The summed E-state index contributed by atoms with van der Waals surface area (Å²) in [5.74, 6) is 0. The maximum atomic E-state index is 4.27. The van der Waals surface area contributed by atoms with Crippen LogP contribution in [-0.2, 0) is 13.1 Å². The van der Waals surface area contributed by atoms with Crippen LogP contribution in [0.15, 0.2) is 24.5 Å². The zero-order valence-corrected chi connectivity index (χ0v) is 10.2. The topological polar surface area (TPSA) is 29.9 Å². The van der Waals surface area contributed by atoms with E-state index >= 15 is 0 Å². The van der Waals surface area contributed by atoms with Crippen molar-refractivity contribution in [1.29, 1.82) is 0 Å². The van der Waals surface area contributed by atoms with Gasteiger partial charge in [0.2, 0.25) is 0 Å². The second kappa shape index (κ2) is 4.62. The van der Waals surface area contributed by atoms with Gasteiger partial charge >= 0.3 is 0 Å². The third-order valence-corrected chi connectivity index (χ3v) is 1.94. The van der Waals surface area contributed by atoms with Crippen LogP contribution in [0.5, 0.6) is 0 Å². The van der Waals surface area contributed by atoms with E-state index in [2.05, 4.69) is 44.0 Å². The van der Waals surface area contributed by atoms with Crippen LogP contribution in [0.3, 0.4) is 0 Å². The summed E-state index contributed by atoms with van der Waals surface area (Å²) in [4.78, 5) is 0. The smallest absolute Gasteiger partial charge is 0.0614 e. The van der Waals surface area contributed by atoms with Gasteiger partial charge in [-0.3, -0.25) is 4.68 Å². The van der Waals surface area contributed by atoms with E-state index in [-0.39, 0.29) is 5.54 Å². The van der Waals surface area contributed by atoms with Gasteiger partial charge in [0.25, 0.3) is 0 Å². The standard InChI is InChI=1S/C12H21N3/c1-10(2)8-15-9-11(7-14-15)6-13-12(3,4)5/h7,9,13H,1,6,8H2,2-5H3. The van der Waals surface area contributed by atoms with Crippen molar-refractivity contribution < 1.29 is 0 Å². The van der Waals surface area contributed by atoms with Crippen LogP contribution in [0.25, 0.3) is 0 Å². The first-order valence-electron chi connectivity index (χ1n) is 5.27. The molecule has 0 unspecified atom stereocenters. The second-order valence-corrected chi connectivity index (χ2v) is 5.11. The van der Waals surface area contributed by atoms with Crippen LogP contribution in [0.1, 0.15) is 33.3 Å². The lowest BCUT2D eigenvalue weighted by Gasteiger charge is -2.19. The molecule has 0 aromatic carbocycles. The van der Waals surface area contributed by atoms with Crippen molar-refractivity contribution in [1.82, 2.24) is 15.1 Å². The lowest BCUT2D eigenvalue weighted by Crippen LogP contribution is -2.34. The number of allylic oxidation sites excluding steroid dienone is 1. The van der Waals surface area contributed by atoms with E-state index in [1.807, 2.05) is 17.8 Å². The predicted octanol–water partition coefficient (Wildman–Crippen LogP) is 2.35. The first-order valence-corrected chi connectivity index (χ1v) is 5.27. The van der Waals surface area contributed by atoms with E-state index in [1.165, 1.54) is 5.56 Å². The highest BCUT2D eigenvalue weighted by Gasteiger charge is 2.08. The summed E-state index contributed by atoms with van der Waals surface area (Å²) in [6.07, 6.45) is 3.97. The molecule has 0 atom stereocenters. The van der Waals surface area contributed by atoms with Crippen LogP contribution in [0.2, 0.25) is 0 Å². The minimum Gasteiger partial charge on any atom is -0.308 e. The number of aromatic nitrogens is 2. The van der Waals surface area contributed by atoms with Gasteiger partial charge in [-0.05, 0) is 27.7 Å². The molecular weight excluding hydrogens is 186 g/mol. The van der Waals surface area contributed by atoms with Crippen LogP contribution in [0, 0.1) is 0 Å². The molecule has 0 bridgehead atoms. The monoisotopic (exact) mass is 207 g/mol. The van der Waals surface area contributed by atoms with E-state index < -0.39 is 0 Å². The van der Waals surface area contributed by atoms with E-state index in [1.54, 1.807) is 0 Å². The maximum Gasteiger partial charge on any atom is 0.0614 e. The van der Waals surface area contributed by atoms with Gasteiger partial charge in [0, 0.05) is 23.8 Å². The molecule has 1 aromatic rings. The average molecular weight is 207 g/mol. The fraction of sp³-hybridized carbons (Fsp3) is 0.583. The summed E-state index contributed by atoms with van der Waals surface area (Å²) >= 11 is 0. The van der Waals surface area contributed by atoms with Crippen LogP contribution >= 0.6 is 0 Å². The second-order valence-electron chi connectivity index (χ2n) is 5.11. The Hall–Kier alpha value is -1.09. The highest BCUT2D eigenvalue weighted by molar-refractivity contribution is 5.05. The molecule has 1 heterocycles. The van der Waals surface area contributed by atoms with Gasteiger partial charge in [-0.1, -0.05) is 12.2 Å². The third kappa shape index (κ3) is 4.79. The molecule has 0 fully saturated rings. The Kier molecular flexibility index (Phi) is 3.69. The normalized spacial score (nSPS) is 11.7. The fourth-order valence-electron chi connectivity index (χ4n) is 1.23. The largest absolute Gasteiger partial charge is 0.308 e. The van der Waals surface area contributed by atoms with E-state index in [4.69, 9.17) is 0 Å². The van der Waals surface area contributed by atoms with Crippen molar-refractivity contribution in [2.75, 3.05) is 0 Å². The van der Waals surface area contributed by atoms with Crippen molar-refractivity contribution in [3.63, 3.8) is 0 Å². The Morgan fingerprint density at radius 3 is 2.73 bits per heavy atom. The average Bonchev–Trinajstić information content (AvgIpc) is 2.46. The molecule has 1 rings (SSSR count). The van der Waals surface area contributed by atoms with E-state index in [9.17, 15) is 0 Å². The van der Waals surface area contributed by atoms with E-state index in [0.29, 0.717) is 0 Å². The van der Waals surface area contributed by atoms with Gasteiger partial charge in [0.1, 0.15) is 0 Å². The third-order valence-electron chi connectivity index (χ3n) is 1.94. The van der Waals surface area contributed by atoms with Gasteiger partial charge < -0.3 is 5.32 Å². The Bertz CT molecular complexity index is 331. The summed E-state index contributed by atoms with van der Waals surface area (Å²) < 4.78 is 1.92. The molecule has 3 nitrogen and oxygen atoms in total. The molecule has 0 aliphatic rings. The summed E-state index contributed by atoms with van der Waals surface area (Å²) in [6, 6.07) is 0. The van der Waals surface area contributed by atoms with Crippen LogP contribution in [0.4, 0.5) is 0 Å². The van der Waals surface area contributed by atoms with Crippen molar-refractivity contribution in [3.05, 3.63) is 30.1 Å². The fourth-order valence-corrected chi connectivity index (χ4v) is 1.23. The molecule has 15 heavy (non-hydrogen) atoms. The van der Waals surface area contributed by atoms with Gasteiger partial charge in [-0.15, -0.1) is 0 Å². The van der Waals surface area contributed by atoms with E-state index in [0.717, 1.165) is 18.7 Å². The number of nitrogens with one attached hydrogen (secondary N) is 1. The molecule has 0 radical (unpaired) electrons. The summed E-state index contributed by atoms with van der Waals surface area (Å²) in [7, 11) is 0. The first kappa shape index (κ1) is 12.0. The lowest BCUT2D eigenvalue weighted by atomic mass is 10.1. The number of nitrogens with zero attached hydrogens (tertiary/aromatic N) is 2. The molecule has 0 saturated carbocycles. The van der Waals surface area contributed by atoms with Crippen LogP contribution in [-0.4, -0.2) is 15.3 Å². The van der Waals surface area contributed by atoms with Crippen molar-refractivity contribution in [2.24, 2.45) is 0 Å². The number of hydrogen-bond acceptors (Lipinski definition) is 2. The molecule has 0 aliphatic carbocycles. The number of hydrogen-bond donors (Lipinski definition) is 1. The molecule has 0 spiro atoms. The van der Waals surface area contributed by atoms with Gasteiger partial charge in [-0.2, -0.15) is 5.10 Å². The van der Waals surface area contributed by atoms with Gasteiger partial charge in [0.05, 0.1) is 12.7 Å². The quantitative estimate of drug-likeness (QED) is 0.768. The summed E-state index contributed by atoms with van der Waals surface area (Å²) in [5.41, 5.74) is 2.48. The van der Waals surface area contributed by atoms with Crippen molar-refractivity contribution in [3.8, 4) is 0 Å². The zero-order valence-electron chi connectivity index (χ0n) is 10.2. The predicted molar refractivity (Wildman–Crippen MR) is 63.6 cm³/mol. The minimum absolute atomic E-state index is 0.149. The molecule has 0 saturated heterocycles. The highest BCUT2D eigenvalue weighted by atomic mass is 15.3. The molecule has 0 aliphatic heterocycles. The Morgan fingerprint density at radius 1 is 1.53 bits per heavy atom. The summed E-state index contributed by atoms with van der Waals surface area (Å²) in [5, 5.41) is 7.70. The molecule has 3 heteroatoms. The molecule has 0 amide bonds. The summed E-state index contributed by atoms with van der Waals surface area (Å²) in [6.45, 7) is 14.0. The molecule has 84 valence electrons. The molecular formula is C12H21N3. The Morgan fingerprint density at radius 2 is 2.20 bits per heavy atom. The lowest BCUT2D eigenvalue weighted by molar-refractivity contribution is 0.424. The Labute approximate surface area is 92.2 Å². The maximum absolute atomic E-state index is 4.27. The highest BCUT2D eigenvalue weighted by Crippen LogP contribution is 2.04. The minimum atomic E-state index is 0.149. The van der Waals surface area contributed by atoms with Crippen LogP contribution < -0.4 is 5.32 Å². The van der Waals surface area contributed by atoms with Crippen molar-refractivity contribution >= 4 is 0 Å². The molecule has 1 aromatic heterocycles. The molecule has 1 N–H and O–H groups in total.